The quantitative estimate of drug-likeness (QED) is 0.470. The van der Waals surface area contributed by atoms with Crippen LogP contribution in [0.5, 0.6) is 0 Å². The summed E-state index contributed by atoms with van der Waals surface area (Å²) < 4.78 is 0. The number of hydrogen-bond acceptors (Lipinski definition) is 3. The maximum absolute atomic E-state index is 8.55. The van der Waals surface area contributed by atoms with Gasteiger partial charge >= 0.3 is 0 Å². The van der Waals surface area contributed by atoms with Crippen molar-refractivity contribution in [1.29, 1.82) is 0 Å². The molecule has 0 aliphatic carbocycles. The van der Waals surface area contributed by atoms with Crippen LogP contribution in [0, 0.1) is 0 Å². The summed E-state index contributed by atoms with van der Waals surface area (Å²) in [5.74, 6) is 0.699. The molecule has 0 rings (SSSR count). The molecule has 0 unspecified atom stereocenters. The van der Waals surface area contributed by atoms with E-state index in [0.717, 1.165) is 6.54 Å². The average molecular weight is 135 g/mol. The number of nitrogens with one attached hydrogen (secondary N) is 1. The van der Waals surface area contributed by atoms with Gasteiger partial charge in [-0.2, -0.15) is 12.6 Å². The molecule has 2 N–H and O–H groups in total. The van der Waals surface area contributed by atoms with Gasteiger partial charge in [-0.15, -0.1) is 0 Å². The molecule has 50 valence electrons. The van der Waals surface area contributed by atoms with Crippen LogP contribution < -0.4 is 5.32 Å². The van der Waals surface area contributed by atoms with Gasteiger partial charge in [-0.3, -0.25) is 0 Å². The van der Waals surface area contributed by atoms with Crippen molar-refractivity contribution in [2.45, 2.75) is 13.0 Å². The highest BCUT2D eigenvalue weighted by Gasteiger charge is 1.99. The van der Waals surface area contributed by atoms with Crippen molar-refractivity contribution in [2.24, 2.45) is 0 Å². The van der Waals surface area contributed by atoms with Gasteiger partial charge in [-0.1, -0.05) is 6.92 Å². The van der Waals surface area contributed by atoms with Crippen LogP contribution in [0.3, 0.4) is 0 Å². The Hall–Kier alpha value is 0.270. The van der Waals surface area contributed by atoms with Crippen molar-refractivity contribution in [3.63, 3.8) is 0 Å². The first-order chi connectivity index (χ1) is 3.85. The molecule has 1 atom stereocenters. The number of thiol groups is 1. The molecule has 0 fully saturated rings. The zero-order chi connectivity index (χ0) is 6.41. The Kier molecular flexibility index (Phi) is 5.59. The Morgan fingerprint density at radius 1 is 1.75 bits per heavy atom. The van der Waals surface area contributed by atoms with Gasteiger partial charge in [0.15, 0.2) is 0 Å². The summed E-state index contributed by atoms with van der Waals surface area (Å²) in [6, 6.07) is 0.170. The predicted molar refractivity (Wildman–Crippen MR) is 38.4 cm³/mol. The molecule has 0 amide bonds. The molecule has 2 nitrogen and oxygen atoms in total. The van der Waals surface area contributed by atoms with Gasteiger partial charge < -0.3 is 10.4 Å². The highest BCUT2D eigenvalue weighted by atomic mass is 32.1. The predicted octanol–water partition coefficient (Wildman–Crippen LogP) is -0.113. The Balaban J connectivity index is 3.07. The molecule has 0 spiro atoms. The fourth-order valence-electron chi connectivity index (χ4n) is 0.476. The van der Waals surface area contributed by atoms with Crippen LogP contribution in [0.25, 0.3) is 0 Å². The molecule has 0 aromatic carbocycles. The van der Waals surface area contributed by atoms with Gasteiger partial charge in [0.1, 0.15) is 0 Å². The number of hydrogen-bond donors (Lipinski definition) is 3. The van der Waals surface area contributed by atoms with E-state index < -0.39 is 0 Å². The lowest BCUT2D eigenvalue weighted by molar-refractivity contribution is 0.256. The molecule has 8 heavy (non-hydrogen) atoms. The molecule has 0 bridgehead atoms. The molecule has 0 saturated heterocycles. The largest absolute Gasteiger partial charge is 0.395 e. The highest BCUT2D eigenvalue weighted by molar-refractivity contribution is 7.80. The maximum Gasteiger partial charge on any atom is 0.0592 e. The first-order valence-electron chi connectivity index (χ1n) is 2.80. The first-order valence-corrected chi connectivity index (χ1v) is 3.43. The van der Waals surface area contributed by atoms with Crippen LogP contribution in [-0.4, -0.2) is 30.1 Å². The summed E-state index contributed by atoms with van der Waals surface area (Å²) in [6.07, 6.45) is 0. The van der Waals surface area contributed by atoms with E-state index in [-0.39, 0.29) is 12.6 Å². The van der Waals surface area contributed by atoms with E-state index in [1.807, 2.05) is 6.92 Å². The molecule has 0 aromatic rings. The summed E-state index contributed by atoms with van der Waals surface area (Å²) in [6.45, 7) is 3.08. The summed E-state index contributed by atoms with van der Waals surface area (Å²) in [7, 11) is 0. The Bertz CT molecular complexity index is 47.7. The number of aliphatic hydroxyl groups excluding tert-OH is 1. The number of likely N-dealkylation sites (N-methyl/N-ethyl adjacent to an activating group) is 1. The van der Waals surface area contributed by atoms with E-state index in [1.54, 1.807) is 0 Å². The van der Waals surface area contributed by atoms with E-state index in [4.69, 9.17) is 5.11 Å². The maximum atomic E-state index is 8.55. The van der Waals surface area contributed by atoms with E-state index in [0.29, 0.717) is 5.75 Å². The van der Waals surface area contributed by atoms with E-state index in [1.165, 1.54) is 0 Å². The van der Waals surface area contributed by atoms with Gasteiger partial charge in [0.25, 0.3) is 0 Å². The molecule has 0 saturated carbocycles. The molecule has 0 radical (unpaired) electrons. The minimum Gasteiger partial charge on any atom is -0.395 e. The van der Waals surface area contributed by atoms with Gasteiger partial charge in [0.2, 0.25) is 0 Å². The monoisotopic (exact) mass is 135 g/mol. The van der Waals surface area contributed by atoms with Crippen LogP contribution in [0.15, 0.2) is 0 Å². The zero-order valence-electron chi connectivity index (χ0n) is 5.09. The molecule has 0 aliphatic heterocycles. The molecule has 0 aromatic heterocycles. The van der Waals surface area contributed by atoms with Crippen molar-refractivity contribution in [2.75, 3.05) is 18.9 Å². The third-order valence-electron chi connectivity index (χ3n) is 0.934. The molecule has 3 heteroatoms. The zero-order valence-corrected chi connectivity index (χ0v) is 5.99. The van der Waals surface area contributed by atoms with Crippen molar-refractivity contribution in [3.8, 4) is 0 Å². The minimum atomic E-state index is 0.170. The number of aliphatic hydroxyl groups is 1. The van der Waals surface area contributed by atoms with E-state index in [9.17, 15) is 0 Å². The van der Waals surface area contributed by atoms with Crippen LogP contribution in [0.2, 0.25) is 0 Å². The Morgan fingerprint density at radius 3 is 2.50 bits per heavy atom. The standard InChI is InChI=1S/C5H13NOS/c1-2-6-5(3-7)4-8/h5-8H,2-4H2,1H3/t5-/m0/s1. The van der Waals surface area contributed by atoms with Gasteiger partial charge in [0, 0.05) is 11.8 Å². The minimum absolute atomic E-state index is 0.170. The number of rotatable bonds is 4. The summed E-state index contributed by atoms with van der Waals surface area (Å²) in [5, 5.41) is 11.6. The summed E-state index contributed by atoms with van der Waals surface area (Å²) >= 11 is 4.01. The fourth-order valence-corrected chi connectivity index (χ4v) is 0.720. The third-order valence-corrected chi connectivity index (χ3v) is 1.37. The molecule has 0 heterocycles. The van der Waals surface area contributed by atoms with E-state index >= 15 is 0 Å². The van der Waals surface area contributed by atoms with Crippen LogP contribution in [-0.2, 0) is 0 Å². The Labute approximate surface area is 55.7 Å². The lowest BCUT2D eigenvalue weighted by Gasteiger charge is -2.09. The first kappa shape index (κ1) is 8.27. The van der Waals surface area contributed by atoms with Crippen molar-refractivity contribution >= 4 is 12.6 Å². The lowest BCUT2D eigenvalue weighted by Crippen LogP contribution is -2.33. The second-order valence-corrected chi connectivity index (χ2v) is 1.98. The van der Waals surface area contributed by atoms with Crippen molar-refractivity contribution in [1.82, 2.24) is 5.32 Å². The van der Waals surface area contributed by atoms with Gasteiger partial charge in [-0.05, 0) is 6.54 Å². The van der Waals surface area contributed by atoms with Crippen LogP contribution >= 0.6 is 12.6 Å². The SMILES string of the molecule is CCN[C@@H](CO)CS. The van der Waals surface area contributed by atoms with Crippen molar-refractivity contribution in [3.05, 3.63) is 0 Å². The topological polar surface area (TPSA) is 32.3 Å². The summed E-state index contributed by atoms with van der Waals surface area (Å²) in [4.78, 5) is 0. The van der Waals surface area contributed by atoms with Gasteiger partial charge in [0.05, 0.1) is 6.61 Å². The lowest BCUT2D eigenvalue weighted by atomic mass is 10.4. The molecular weight excluding hydrogens is 122 g/mol. The van der Waals surface area contributed by atoms with Gasteiger partial charge in [-0.25, -0.2) is 0 Å². The highest BCUT2D eigenvalue weighted by Crippen LogP contribution is 1.83. The summed E-state index contributed by atoms with van der Waals surface area (Å²) in [5.41, 5.74) is 0. The van der Waals surface area contributed by atoms with Crippen LogP contribution in [0.4, 0.5) is 0 Å². The molecular formula is C5H13NOS. The molecule has 0 aliphatic rings. The Morgan fingerprint density at radius 2 is 2.38 bits per heavy atom. The normalized spacial score (nSPS) is 13.9. The second-order valence-electron chi connectivity index (χ2n) is 1.62. The second kappa shape index (κ2) is 5.41. The third kappa shape index (κ3) is 3.29. The van der Waals surface area contributed by atoms with Crippen LogP contribution in [0.1, 0.15) is 6.92 Å². The van der Waals surface area contributed by atoms with Crippen molar-refractivity contribution < 1.29 is 5.11 Å². The van der Waals surface area contributed by atoms with E-state index in [2.05, 4.69) is 17.9 Å². The average Bonchev–Trinajstić information content (AvgIpc) is 1.83. The smallest absolute Gasteiger partial charge is 0.0592 e. The fraction of sp³-hybridized carbons (Fsp3) is 1.00.